The molecule has 0 heterocycles. The number of ether oxygens (including phenoxy) is 1. The molecule has 0 saturated heterocycles. The van der Waals surface area contributed by atoms with Crippen molar-refractivity contribution in [3.63, 3.8) is 0 Å². The van der Waals surface area contributed by atoms with Crippen LogP contribution in [0.2, 0.25) is 0 Å². The highest BCUT2D eigenvalue weighted by atomic mass is 19.4. The van der Waals surface area contributed by atoms with Gasteiger partial charge in [-0.1, -0.05) is 24.3 Å². The molecule has 0 bridgehead atoms. The van der Waals surface area contributed by atoms with Crippen LogP contribution in [0, 0.1) is 17.6 Å². The molecule has 1 aliphatic rings. The lowest BCUT2D eigenvalue weighted by atomic mass is 10.0. The summed E-state index contributed by atoms with van der Waals surface area (Å²) in [5.74, 6) is -4.43. The number of methoxy groups -OCH3 is 1. The zero-order valence-corrected chi connectivity index (χ0v) is 16.6. The summed E-state index contributed by atoms with van der Waals surface area (Å²) < 4.78 is 71.3. The van der Waals surface area contributed by atoms with Crippen LogP contribution in [0.15, 0.2) is 42.5 Å². The topological polar surface area (TPSA) is 46.6 Å². The van der Waals surface area contributed by atoms with Gasteiger partial charge in [0.2, 0.25) is 5.91 Å². The van der Waals surface area contributed by atoms with Crippen molar-refractivity contribution in [1.82, 2.24) is 4.90 Å². The first-order valence-corrected chi connectivity index (χ1v) is 9.57. The fourth-order valence-electron chi connectivity index (χ4n) is 3.58. The van der Waals surface area contributed by atoms with Gasteiger partial charge in [0.25, 0.3) is 0 Å². The Morgan fingerprint density at radius 3 is 2.45 bits per heavy atom. The minimum atomic E-state index is -4.54. The van der Waals surface area contributed by atoms with Gasteiger partial charge in [-0.15, -0.1) is 0 Å². The van der Waals surface area contributed by atoms with Gasteiger partial charge in [0.15, 0.2) is 11.6 Å². The molecule has 166 valence electrons. The zero-order valence-electron chi connectivity index (χ0n) is 16.6. The van der Waals surface area contributed by atoms with E-state index in [4.69, 9.17) is 0 Å². The van der Waals surface area contributed by atoms with E-state index in [-0.39, 0.29) is 31.5 Å². The maximum atomic E-state index is 13.6. The number of carbonyl (C=O) groups excluding carboxylic acids is 2. The third-order valence-electron chi connectivity index (χ3n) is 5.26. The average molecular weight is 441 g/mol. The number of amides is 1. The van der Waals surface area contributed by atoms with Crippen LogP contribution in [0.1, 0.15) is 35.4 Å². The number of carbonyl (C=O) groups is 2. The second-order valence-corrected chi connectivity index (χ2v) is 7.37. The molecule has 31 heavy (non-hydrogen) atoms. The van der Waals surface area contributed by atoms with Crippen LogP contribution in [0.5, 0.6) is 0 Å². The number of halogens is 5. The van der Waals surface area contributed by atoms with Gasteiger partial charge in [-0.3, -0.25) is 9.59 Å². The summed E-state index contributed by atoms with van der Waals surface area (Å²) in [4.78, 5) is 25.8. The molecular formula is C22H20F5NO3. The minimum Gasteiger partial charge on any atom is -0.469 e. The Bertz CT molecular complexity index is 976. The molecule has 0 aliphatic heterocycles. The van der Waals surface area contributed by atoms with E-state index in [2.05, 4.69) is 4.74 Å². The molecule has 9 heteroatoms. The van der Waals surface area contributed by atoms with E-state index in [1.807, 2.05) is 0 Å². The molecule has 2 atom stereocenters. The monoisotopic (exact) mass is 441 g/mol. The van der Waals surface area contributed by atoms with E-state index in [0.29, 0.717) is 5.56 Å². The predicted molar refractivity (Wildman–Crippen MR) is 101 cm³/mol. The molecule has 2 unspecified atom stereocenters. The summed E-state index contributed by atoms with van der Waals surface area (Å²) in [5, 5.41) is 0. The third-order valence-corrected chi connectivity index (χ3v) is 5.26. The first kappa shape index (κ1) is 22.7. The Kier molecular flexibility index (Phi) is 6.62. The highest BCUT2D eigenvalue weighted by Gasteiger charge is 2.49. The van der Waals surface area contributed by atoms with Gasteiger partial charge in [-0.25, -0.2) is 8.78 Å². The molecule has 3 rings (SSSR count). The Morgan fingerprint density at radius 1 is 1.10 bits per heavy atom. The van der Waals surface area contributed by atoms with E-state index < -0.39 is 47.1 Å². The van der Waals surface area contributed by atoms with Crippen LogP contribution < -0.4 is 0 Å². The Balaban J connectivity index is 1.79. The van der Waals surface area contributed by atoms with E-state index in [0.717, 1.165) is 18.2 Å². The molecule has 1 aliphatic carbocycles. The summed E-state index contributed by atoms with van der Waals surface area (Å²) in [6.45, 7) is -0.175. The third kappa shape index (κ3) is 5.39. The van der Waals surface area contributed by atoms with Gasteiger partial charge in [0.05, 0.1) is 19.1 Å². The van der Waals surface area contributed by atoms with Crippen molar-refractivity contribution >= 4 is 11.9 Å². The first-order chi connectivity index (χ1) is 14.6. The van der Waals surface area contributed by atoms with Crippen molar-refractivity contribution in [3.8, 4) is 0 Å². The number of benzene rings is 2. The lowest BCUT2D eigenvalue weighted by Gasteiger charge is -2.23. The molecule has 1 amide bonds. The van der Waals surface area contributed by atoms with Gasteiger partial charge >= 0.3 is 12.1 Å². The molecule has 1 fully saturated rings. The van der Waals surface area contributed by atoms with Gasteiger partial charge in [-0.2, -0.15) is 13.2 Å². The standard InChI is InChI=1S/C22H20F5NO3/c1-31-20(29)8-9-28(12-13-6-7-18(23)19(24)10-13)21(30)16-11-15(16)14-4-2-3-5-17(14)22(25,26)27/h2-7,10,15-16H,8-9,11-12H2,1H3. The van der Waals surface area contributed by atoms with Crippen LogP contribution in [0.4, 0.5) is 22.0 Å². The molecule has 4 nitrogen and oxygen atoms in total. The Labute approximate surface area is 175 Å². The zero-order chi connectivity index (χ0) is 22.8. The van der Waals surface area contributed by atoms with Gasteiger partial charge in [0, 0.05) is 19.0 Å². The quantitative estimate of drug-likeness (QED) is 0.463. The summed E-state index contributed by atoms with van der Waals surface area (Å²) in [6, 6.07) is 8.28. The van der Waals surface area contributed by atoms with E-state index in [1.54, 1.807) is 0 Å². The van der Waals surface area contributed by atoms with Crippen LogP contribution in [0.3, 0.4) is 0 Å². The molecule has 2 aromatic rings. The van der Waals surface area contributed by atoms with E-state index >= 15 is 0 Å². The van der Waals surface area contributed by atoms with E-state index in [9.17, 15) is 31.5 Å². The first-order valence-electron chi connectivity index (χ1n) is 9.57. The number of hydrogen-bond acceptors (Lipinski definition) is 3. The average Bonchev–Trinajstić information content (AvgIpc) is 3.53. The molecule has 1 saturated carbocycles. The Morgan fingerprint density at radius 2 is 1.81 bits per heavy atom. The minimum absolute atomic E-state index is 0.0501. The summed E-state index contributed by atoms with van der Waals surface area (Å²) in [5.41, 5.74) is -0.434. The van der Waals surface area contributed by atoms with Crippen molar-refractivity contribution in [2.75, 3.05) is 13.7 Å². The van der Waals surface area contributed by atoms with Gasteiger partial charge in [0.1, 0.15) is 0 Å². The number of rotatable bonds is 7. The normalized spacial score (nSPS) is 17.9. The fraction of sp³-hybridized carbons (Fsp3) is 0.364. The van der Waals surface area contributed by atoms with Crippen molar-refractivity contribution in [1.29, 1.82) is 0 Å². The van der Waals surface area contributed by atoms with Crippen LogP contribution >= 0.6 is 0 Å². The van der Waals surface area contributed by atoms with Crippen LogP contribution in [-0.4, -0.2) is 30.4 Å². The lowest BCUT2D eigenvalue weighted by molar-refractivity contribution is -0.142. The number of alkyl halides is 3. The number of esters is 1. The smallest absolute Gasteiger partial charge is 0.416 e. The molecular weight excluding hydrogens is 421 g/mol. The van der Waals surface area contributed by atoms with Gasteiger partial charge in [-0.05, 0) is 41.7 Å². The number of hydrogen-bond donors (Lipinski definition) is 0. The number of nitrogens with zero attached hydrogens (tertiary/aromatic N) is 1. The van der Waals surface area contributed by atoms with Crippen LogP contribution in [-0.2, 0) is 27.0 Å². The van der Waals surface area contributed by atoms with Crippen LogP contribution in [0.25, 0.3) is 0 Å². The Hall–Kier alpha value is -2.97. The lowest BCUT2D eigenvalue weighted by Crippen LogP contribution is -2.34. The molecule has 0 aromatic heterocycles. The van der Waals surface area contributed by atoms with Crippen molar-refractivity contribution in [3.05, 3.63) is 70.8 Å². The second-order valence-electron chi connectivity index (χ2n) is 7.37. The molecule has 0 N–H and O–H groups in total. The largest absolute Gasteiger partial charge is 0.469 e. The predicted octanol–water partition coefficient (Wildman–Crippen LogP) is 4.68. The molecule has 0 radical (unpaired) electrons. The maximum Gasteiger partial charge on any atom is 0.416 e. The summed E-state index contributed by atoms with van der Waals surface area (Å²) in [7, 11) is 1.19. The fourth-order valence-corrected chi connectivity index (χ4v) is 3.58. The SMILES string of the molecule is COC(=O)CCN(Cc1ccc(F)c(F)c1)C(=O)C1CC1c1ccccc1C(F)(F)F. The van der Waals surface area contributed by atoms with Crippen molar-refractivity contribution < 1.29 is 36.3 Å². The van der Waals surface area contributed by atoms with Crippen molar-refractivity contribution in [2.24, 2.45) is 5.92 Å². The summed E-state index contributed by atoms with van der Waals surface area (Å²) >= 11 is 0. The molecule has 2 aromatic carbocycles. The van der Waals surface area contributed by atoms with E-state index in [1.165, 1.54) is 36.3 Å². The highest BCUT2D eigenvalue weighted by Crippen LogP contribution is 2.51. The van der Waals surface area contributed by atoms with Gasteiger partial charge < -0.3 is 9.64 Å². The van der Waals surface area contributed by atoms with Crippen molar-refractivity contribution in [2.45, 2.75) is 31.5 Å². The highest BCUT2D eigenvalue weighted by molar-refractivity contribution is 5.83. The summed E-state index contributed by atoms with van der Waals surface area (Å²) in [6.07, 6.45) is -4.44. The maximum absolute atomic E-state index is 13.6. The second kappa shape index (κ2) is 9.03. The molecule has 0 spiro atoms.